The van der Waals surface area contributed by atoms with E-state index in [0.29, 0.717) is 27.7 Å². The molecule has 0 saturated carbocycles. The molecule has 0 N–H and O–H groups in total. The lowest BCUT2D eigenvalue weighted by Gasteiger charge is -2.18. The van der Waals surface area contributed by atoms with Crippen molar-refractivity contribution in [2.75, 3.05) is 4.90 Å². The van der Waals surface area contributed by atoms with Crippen LogP contribution >= 0.6 is 11.6 Å². The highest BCUT2D eigenvalue weighted by Gasteiger charge is 2.34. The Bertz CT molecular complexity index is 1290. The number of ether oxygens (including phenoxy) is 1. The van der Waals surface area contributed by atoms with Crippen LogP contribution in [0.15, 0.2) is 94.3 Å². The second-order valence-electron chi connectivity index (χ2n) is 6.49. The predicted molar refractivity (Wildman–Crippen MR) is 115 cm³/mol. The first kappa shape index (κ1) is 18.1. The molecule has 2 aromatic carbocycles. The molecular weight excluding hydrogens is 402 g/mol. The van der Waals surface area contributed by atoms with Crippen LogP contribution in [0.25, 0.3) is 17.0 Å². The lowest BCUT2D eigenvalue weighted by molar-refractivity contribution is -0.113. The van der Waals surface area contributed by atoms with Gasteiger partial charge in [0.15, 0.2) is 5.75 Å². The number of hydrogen-bond donors (Lipinski definition) is 0. The van der Waals surface area contributed by atoms with Crippen LogP contribution in [0.3, 0.4) is 0 Å². The number of para-hydroxylation sites is 1. The van der Waals surface area contributed by atoms with Crippen LogP contribution in [0, 0.1) is 0 Å². The molecule has 1 aliphatic rings. The van der Waals surface area contributed by atoms with E-state index in [4.69, 9.17) is 20.8 Å². The lowest BCUT2D eigenvalue weighted by Crippen LogP contribution is -2.35. The first-order valence-electron chi connectivity index (χ1n) is 9.14. The van der Waals surface area contributed by atoms with Gasteiger partial charge >= 0.3 is 6.02 Å². The van der Waals surface area contributed by atoms with E-state index in [9.17, 15) is 4.79 Å². The number of hydrogen-bond acceptors (Lipinski definition) is 5. The minimum atomic E-state index is -0.336. The van der Waals surface area contributed by atoms with Crippen molar-refractivity contribution in [3.63, 3.8) is 0 Å². The molecule has 0 unspecified atom stereocenters. The second-order valence-corrected chi connectivity index (χ2v) is 6.93. The highest BCUT2D eigenvalue weighted by Crippen LogP contribution is 2.30. The number of nitrogens with zero attached hydrogens (tertiary/aromatic N) is 3. The molecule has 0 saturated heterocycles. The maximum absolute atomic E-state index is 13.2. The molecule has 4 aromatic rings. The van der Waals surface area contributed by atoms with Gasteiger partial charge in [0.05, 0.1) is 12.0 Å². The zero-order chi connectivity index (χ0) is 20.5. The molecule has 1 amide bonds. The average Bonchev–Trinajstić information content (AvgIpc) is 3.38. The molecule has 3 heterocycles. The highest BCUT2D eigenvalue weighted by atomic mass is 35.5. The van der Waals surface area contributed by atoms with E-state index in [-0.39, 0.29) is 17.6 Å². The van der Waals surface area contributed by atoms with E-state index in [2.05, 4.69) is 9.98 Å². The molecule has 146 valence electrons. The van der Waals surface area contributed by atoms with Gasteiger partial charge in [0.1, 0.15) is 17.0 Å². The van der Waals surface area contributed by atoms with E-state index >= 15 is 0 Å². The quantitative estimate of drug-likeness (QED) is 0.425. The Balaban J connectivity index is 1.59. The fraction of sp³-hybridized carbons (Fsp3) is 0. The summed E-state index contributed by atoms with van der Waals surface area (Å²) in [6, 6.07) is 19.9. The van der Waals surface area contributed by atoms with Gasteiger partial charge < -0.3 is 9.15 Å². The topological polar surface area (TPSA) is 67.9 Å². The molecule has 2 aromatic heterocycles. The summed E-state index contributed by atoms with van der Waals surface area (Å²) >= 11 is 6.01. The van der Waals surface area contributed by atoms with Crippen LogP contribution < -0.4 is 9.64 Å². The van der Waals surface area contributed by atoms with E-state index in [1.54, 1.807) is 54.7 Å². The third-order valence-corrected chi connectivity index (χ3v) is 4.79. The molecule has 0 radical (unpaired) electrons. The molecular formula is C23H14ClN3O3. The average molecular weight is 416 g/mol. The van der Waals surface area contributed by atoms with Gasteiger partial charge in [0, 0.05) is 22.7 Å². The summed E-state index contributed by atoms with van der Waals surface area (Å²) in [5.41, 5.74) is 1.46. The standard InChI is InChI=1S/C23H14ClN3O3/c24-16-8-10-17(11-9-16)27-22(28)19(14-18-6-3-13-29-18)26-23(27)30-20-7-1-4-15-5-2-12-25-21(15)20/h1-14H/b19-14-. The summed E-state index contributed by atoms with van der Waals surface area (Å²) in [5, 5.41) is 1.48. The highest BCUT2D eigenvalue weighted by molar-refractivity contribution is 6.31. The van der Waals surface area contributed by atoms with Crippen molar-refractivity contribution in [2.24, 2.45) is 4.99 Å². The summed E-state index contributed by atoms with van der Waals surface area (Å²) in [6.07, 6.45) is 4.80. The van der Waals surface area contributed by atoms with E-state index in [1.807, 2.05) is 24.3 Å². The van der Waals surface area contributed by atoms with Gasteiger partial charge in [0.2, 0.25) is 0 Å². The number of aliphatic imine (C=N–C) groups is 1. The van der Waals surface area contributed by atoms with Crippen molar-refractivity contribution in [3.8, 4) is 5.75 Å². The summed E-state index contributed by atoms with van der Waals surface area (Å²) in [4.78, 5) is 23.4. The third kappa shape index (κ3) is 3.33. The Morgan fingerprint density at radius 3 is 2.63 bits per heavy atom. The smallest absolute Gasteiger partial charge is 0.310 e. The summed E-state index contributed by atoms with van der Waals surface area (Å²) in [7, 11) is 0. The minimum absolute atomic E-state index is 0.123. The van der Waals surface area contributed by atoms with Crippen LogP contribution in [-0.2, 0) is 4.79 Å². The maximum atomic E-state index is 13.2. The number of halogens is 1. The van der Waals surface area contributed by atoms with Gasteiger partial charge in [0.25, 0.3) is 5.91 Å². The van der Waals surface area contributed by atoms with E-state index in [0.717, 1.165) is 5.39 Å². The Labute approximate surface area is 176 Å². The number of anilines is 1. The van der Waals surface area contributed by atoms with Gasteiger partial charge in [-0.3, -0.25) is 9.78 Å². The van der Waals surface area contributed by atoms with E-state index in [1.165, 1.54) is 11.2 Å². The molecule has 0 spiro atoms. The van der Waals surface area contributed by atoms with Crippen LogP contribution in [0.5, 0.6) is 5.75 Å². The number of carbonyl (C=O) groups is 1. The van der Waals surface area contributed by atoms with Crippen molar-refractivity contribution < 1.29 is 13.9 Å². The molecule has 7 heteroatoms. The first-order chi connectivity index (χ1) is 14.7. The van der Waals surface area contributed by atoms with Crippen LogP contribution in [0.2, 0.25) is 5.02 Å². The van der Waals surface area contributed by atoms with Gasteiger partial charge in [-0.05, 0) is 48.5 Å². The van der Waals surface area contributed by atoms with Crippen molar-refractivity contribution in [3.05, 3.63) is 95.7 Å². The number of rotatable bonds is 3. The molecule has 0 atom stereocenters. The number of amidine groups is 1. The first-order valence-corrected chi connectivity index (χ1v) is 9.52. The number of amides is 1. The SMILES string of the molecule is O=C1/C(=C/c2ccco2)N=C(Oc2cccc3cccnc23)N1c1ccc(Cl)cc1. The van der Waals surface area contributed by atoms with Crippen molar-refractivity contribution in [1.29, 1.82) is 0 Å². The number of carbonyl (C=O) groups excluding carboxylic acids is 1. The monoisotopic (exact) mass is 415 g/mol. The largest absolute Gasteiger partial charge is 0.465 e. The summed E-state index contributed by atoms with van der Waals surface area (Å²) < 4.78 is 11.4. The van der Waals surface area contributed by atoms with Crippen LogP contribution in [0.1, 0.15) is 5.76 Å². The van der Waals surface area contributed by atoms with E-state index < -0.39 is 0 Å². The Morgan fingerprint density at radius 2 is 1.83 bits per heavy atom. The van der Waals surface area contributed by atoms with Gasteiger partial charge in [-0.15, -0.1) is 0 Å². The molecule has 5 rings (SSSR count). The molecule has 0 aliphatic carbocycles. The van der Waals surface area contributed by atoms with Crippen molar-refractivity contribution >= 4 is 46.2 Å². The molecule has 1 aliphatic heterocycles. The molecule has 30 heavy (non-hydrogen) atoms. The number of fused-ring (bicyclic) bond motifs is 1. The normalized spacial score (nSPS) is 15.1. The molecule has 0 fully saturated rings. The zero-order valence-corrected chi connectivity index (χ0v) is 16.3. The second kappa shape index (κ2) is 7.50. The zero-order valence-electron chi connectivity index (χ0n) is 15.5. The number of pyridine rings is 1. The molecule has 6 nitrogen and oxygen atoms in total. The van der Waals surface area contributed by atoms with Gasteiger partial charge in [-0.2, -0.15) is 4.99 Å². The Hall–Kier alpha value is -3.90. The number of furan rings is 1. The summed E-state index contributed by atoms with van der Waals surface area (Å²) in [6.45, 7) is 0. The Kier molecular flexibility index (Phi) is 4.53. The number of aromatic nitrogens is 1. The van der Waals surface area contributed by atoms with Crippen LogP contribution in [0.4, 0.5) is 5.69 Å². The third-order valence-electron chi connectivity index (χ3n) is 4.53. The van der Waals surface area contributed by atoms with Crippen molar-refractivity contribution in [2.45, 2.75) is 0 Å². The van der Waals surface area contributed by atoms with Crippen molar-refractivity contribution in [1.82, 2.24) is 4.98 Å². The van der Waals surface area contributed by atoms with Crippen LogP contribution in [-0.4, -0.2) is 16.9 Å². The lowest BCUT2D eigenvalue weighted by atomic mass is 10.2. The fourth-order valence-electron chi connectivity index (χ4n) is 3.15. The summed E-state index contributed by atoms with van der Waals surface area (Å²) in [5.74, 6) is 0.681. The molecule has 0 bridgehead atoms. The van der Waals surface area contributed by atoms with Gasteiger partial charge in [-0.1, -0.05) is 29.8 Å². The van der Waals surface area contributed by atoms with Gasteiger partial charge in [-0.25, -0.2) is 4.90 Å². The predicted octanol–water partition coefficient (Wildman–Crippen LogP) is 5.30. The maximum Gasteiger partial charge on any atom is 0.310 e. The Morgan fingerprint density at radius 1 is 1.00 bits per heavy atom. The fourth-order valence-corrected chi connectivity index (χ4v) is 3.27. The number of benzene rings is 2. The minimum Gasteiger partial charge on any atom is -0.465 e.